The highest BCUT2D eigenvalue weighted by Gasteiger charge is 2.26. The Morgan fingerprint density at radius 3 is 2.75 bits per heavy atom. The number of hydrogen-bond acceptors (Lipinski definition) is 5. The summed E-state index contributed by atoms with van der Waals surface area (Å²) < 4.78 is 1.16. The molecule has 0 aliphatic carbocycles. The smallest absolute Gasteiger partial charge is 0.328 e. The van der Waals surface area contributed by atoms with E-state index in [1.165, 1.54) is 6.07 Å². The summed E-state index contributed by atoms with van der Waals surface area (Å²) in [7, 11) is 0. The molecule has 0 spiro atoms. The predicted octanol–water partition coefficient (Wildman–Crippen LogP) is -1.48. The highest BCUT2D eigenvalue weighted by Crippen LogP contribution is 2.16. The molecule has 0 bridgehead atoms. The summed E-state index contributed by atoms with van der Waals surface area (Å²) in [4.78, 5) is 28.0. The van der Waals surface area contributed by atoms with Gasteiger partial charge in [0.2, 0.25) is 0 Å². The molecular weight excluding hydrogens is 262 g/mol. The molecule has 1 fully saturated rings. The second-order valence-electron chi connectivity index (χ2n) is 5.35. The lowest BCUT2D eigenvalue weighted by molar-refractivity contribution is -0.00283. The van der Waals surface area contributed by atoms with Gasteiger partial charge < -0.3 is 15.2 Å². The summed E-state index contributed by atoms with van der Waals surface area (Å²) in [6.07, 6.45) is 0.165. The van der Waals surface area contributed by atoms with Gasteiger partial charge >= 0.3 is 5.69 Å². The Morgan fingerprint density at radius 1 is 1.40 bits per heavy atom. The summed E-state index contributed by atoms with van der Waals surface area (Å²) in [6, 6.07) is 1.40. The van der Waals surface area contributed by atoms with Crippen molar-refractivity contribution in [3.05, 3.63) is 32.6 Å². The van der Waals surface area contributed by atoms with Gasteiger partial charge in [-0.3, -0.25) is 14.3 Å². The molecule has 2 heterocycles. The fourth-order valence-electron chi connectivity index (χ4n) is 2.55. The maximum absolute atomic E-state index is 11.7. The van der Waals surface area contributed by atoms with Crippen LogP contribution in [0.2, 0.25) is 0 Å². The molecule has 0 radical (unpaired) electrons. The fourth-order valence-corrected chi connectivity index (χ4v) is 2.55. The fraction of sp³-hybridized carbons (Fsp3) is 0.692. The normalized spacial score (nSPS) is 23.9. The molecule has 1 aromatic rings. The first-order valence-corrected chi connectivity index (χ1v) is 6.83. The van der Waals surface area contributed by atoms with E-state index in [0.29, 0.717) is 25.3 Å². The zero-order valence-corrected chi connectivity index (χ0v) is 11.6. The molecule has 2 atom stereocenters. The lowest BCUT2D eigenvalue weighted by Gasteiger charge is -2.35. The number of piperidine rings is 1. The largest absolute Gasteiger partial charge is 0.396 e. The number of aryl methyl sites for hydroxylation is 1. The van der Waals surface area contributed by atoms with Crippen LogP contribution in [0.25, 0.3) is 0 Å². The second-order valence-corrected chi connectivity index (χ2v) is 5.35. The number of H-pyrrole nitrogens is 1. The Labute approximate surface area is 116 Å². The molecule has 112 valence electrons. The van der Waals surface area contributed by atoms with Crippen LogP contribution in [-0.4, -0.2) is 57.0 Å². The summed E-state index contributed by atoms with van der Waals surface area (Å²) in [5, 5.41) is 18.9. The van der Waals surface area contributed by atoms with Crippen LogP contribution in [0.15, 0.2) is 15.7 Å². The van der Waals surface area contributed by atoms with Gasteiger partial charge in [0.15, 0.2) is 0 Å². The average Bonchev–Trinajstić information content (AvgIpc) is 2.37. The molecule has 1 aliphatic rings. The third kappa shape index (κ3) is 3.36. The Kier molecular flexibility index (Phi) is 4.74. The van der Waals surface area contributed by atoms with Gasteiger partial charge in [0.25, 0.3) is 5.56 Å². The molecule has 0 aromatic carbocycles. The Bertz CT molecular complexity index is 534. The van der Waals surface area contributed by atoms with E-state index in [2.05, 4.69) is 4.98 Å². The van der Waals surface area contributed by atoms with Crippen molar-refractivity contribution in [1.82, 2.24) is 14.5 Å². The van der Waals surface area contributed by atoms with Crippen LogP contribution in [0.3, 0.4) is 0 Å². The van der Waals surface area contributed by atoms with Crippen molar-refractivity contribution in [2.24, 2.45) is 5.92 Å². The number of aliphatic hydroxyl groups is 2. The van der Waals surface area contributed by atoms with Crippen LogP contribution in [0.4, 0.5) is 0 Å². The molecule has 7 nitrogen and oxygen atoms in total. The molecule has 20 heavy (non-hydrogen) atoms. The van der Waals surface area contributed by atoms with Gasteiger partial charge in [0.1, 0.15) is 0 Å². The van der Waals surface area contributed by atoms with Crippen molar-refractivity contribution >= 4 is 0 Å². The topological polar surface area (TPSA) is 98.6 Å². The summed E-state index contributed by atoms with van der Waals surface area (Å²) in [5.41, 5.74) is -0.159. The van der Waals surface area contributed by atoms with Crippen LogP contribution in [0.5, 0.6) is 0 Å². The molecule has 1 aliphatic heterocycles. The lowest BCUT2D eigenvalue weighted by Crippen LogP contribution is -2.47. The first-order chi connectivity index (χ1) is 9.51. The summed E-state index contributed by atoms with van der Waals surface area (Å²) in [6.45, 7) is 3.70. The Balaban J connectivity index is 1.97. The van der Waals surface area contributed by atoms with E-state index in [1.54, 1.807) is 6.92 Å². The number of rotatable bonds is 4. The quantitative estimate of drug-likeness (QED) is 0.626. The van der Waals surface area contributed by atoms with Crippen molar-refractivity contribution in [2.45, 2.75) is 26.0 Å². The monoisotopic (exact) mass is 283 g/mol. The Morgan fingerprint density at radius 2 is 2.15 bits per heavy atom. The molecule has 0 saturated carbocycles. The summed E-state index contributed by atoms with van der Waals surface area (Å²) in [5.74, 6) is -0.0725. The average molecular weight is 283 g/mol. The van der Waals surface area contributed by atoms with Crippen LogP contribution in [0.1, 0.15) is 12.1 Å². The first kappa shape index (κ1) is 15.0. The van der Waals surface area contributed by atoms with Crippen LogP contribution in [-0.2, 0) is 6.54 Å². The maximum atomic E-state index is 11.7. The van der Waals surface area contributed by atoms with Gasteiger partial charge in [-0.05, 0) is 19.9 Å². The molecule has 1 aromatic heterocycles. The number of aromatic amines is 1. The van der Waals surface area contributed by atoms with E-state index >= 15 is 0 Å². The minimum atomic E-state index is -0.554. The van der Waals surface area contributed by atoms with Gasteiger partial charge in [-0.1, -0.05) is 0 Å². The number of β-amino-alcohol motifs (C(OH)–C–C–N with tert-alkyl or cyclic N) is 1. The minimum Gasteiger partial charge on any atom is -0.396 e. The molecule has 2 rings (SSSR count). The van der Waals surface area contributed by atoms with Crippen molar-refractivity contribution < 1.29 is 10.2 Å². The van der Waals surface area contributed by atoms with Gasteiger partial charge in [-0.15, -0.1) is 0 Å². The SMILES string of the molecule is Cc1cc(=O)n(CCN2CC[C@@H](CO)[C@H](O)C2)c(=O)[nH]1. The van der Waals surface area contributed by atoms with E-state index in [4.69, 9.17) is 5.11 Å². The highest BCUT2D eigenvalue weighted by molar-refractivity contribution is 4.96. The molecular formula is C13H21N3O4. The van der Waals surface area contributed by atoms with Crippen LogP contribution < -0.4 is 11.2 Å². The first-order valence-electron chi connectivity index (χ1n) is 6.83. The third-order valence-corrected chi connectivity index (χ3v) is 3.84. The van der Waals surface area contributed by atoms with E-state index < -0.39 is 11.8 Å². The number of nitrogens with one attached hydrogen (secondary N) is 1. The highest BCUT2D eigenvalue weighted by atomic mass is 16.3. The zero-order chi connectivity index (χ0) is 14.7. The van der Waals surface area contributed by atoms with Crippen molar-refractivity contribution in [3.8, 4) is 0 Å². The maximum Gasteiger partial charge on any atom is 0.328 e. The standard InChI is InChI=1S/C13H21N3O4/c1-9-6-12(19)16(13(20)14-9)5-4-15-3-2-10(8-17)11(18)7-15/h6,10-11,17-18H,2-5,7-8H2,1H3,(H,14,20)/t10-,11+/m0/s1. The number of aromatic nitrogens is 2. The molecule has 1 saturated heterocycles. The zero-order valence-electron chi connectivity index (χ0n) is 11.6. The van der Waals surface area contributed by atoms with Gasteiger partial charge in [0.05, 0.1) is 6.10 Å². The number of nitrogens with zero attached hydrogens (tertiary/aromatic N) is 2. The Hall–Kier alpha value is -1.44. The number of aliphatic hydroxyl groups excluding tert-OH is 2. The number of likely N-dealkylation sites (tertiary alicyclic amines) is 1. The van der Waals surface area contributed by atoms with E-state index in [1.807, 2.05) is 4.90 Å². The van der Waals surface area contributed by atoms with E-state index in [0.717, 1.165) is 17.5 Å². The third-order valence-electron chi connectivity index (χ3n) is 3.84. The van der Waals surface area contributed by atoms with Gasteiger partial charge in [0, 0.05) is 43.9 Å². The molecule has 3 N–H and O–H groups in total. The van der Waals surface area contributed by atoms with Gasteiger partial charge in [-0.2, -0.15) is 0 Å². The minimum absolute atomic E-state index is 0.00784. The van der Waals surface area contributed by atoms with E-state index in [-0.39, 0.29) is 18.1 Å². The lowest BCUT2D eigenvalue weighted by atomic mass is 9.95. The number of hydrogen-bond donors (Lipinski definition) is 3. The summed E-state index contributed by atoms with van der Waals surface area (Å²) >= 11 is 0. The van der Waals surface area contributed by atoms with Crippen molar-refractivity contribution in [3.63, 3.8) is 0 Å². The van der Waals surface area contributed by atoms with Crippen LogP contribution >= 0.6 is 0 Å². The molecule has 0 unspecified atom stereocenters. The molecule has 7 heteroatoms. The predicted molar refractivity (Wildman–Crippen MR) is 73.7 cm³/mol. The van der Waals surface area contributed by atoms with Gasteiger partial charge in [-0.25, -0.2) is 4.79 Å². The van der Waals surface area contributed by atoms with Crippen LogP contribution in [0, 0.1) is 12.8 Å². The molecule has 0 amide bonds. The second kappa shape index (κ2) is 6.34. The van der Waals surface area contributed by atoms with Crippen molar-refractivity contribution in [2.75, 3.05) is 26.2 Å². The van der Waals surface area contributed by atoms with E-state index in [9.17, 15) is 14.7 Å². The van der Waals surface area contributed by atoms with Crippen molar-refractivity contribution in [1.29, 1.82) is 0 Å².